The highest BCUT2D eigenvalue weighted by Gasteiger charge is 2.19. The summed E-state index contributed by atoms with van der Waals surface area (Å²) in [5.74, 6) is -0.568. The highest BCUT2D eigenvalue weighted by molar-refractivity contribution is 6.39. The number of unbranched alkanes of at least 4 members (excludes halogenated alkanes) is 2. The van der Waals surface area contributed by atoms with Gasteiger partial charge in [-0.05, 0) is 43.5 Å². The molecule has 0 radical (unpaired) electrons. The molecule has 0 spiro atoms. The van der Waals surface area contributed by atoms with Gasteiger partial charge in [0, 0.05) is 18.8 Å². The van der Waals surface area contributed by atoms with Crippen molar-refractivity contribution in [3.63, 3.8) is 0 Å². The second kappa shape index (κ2) is 9.93. The van der Waals surface area contributed by atoms with Crippen molar-refractivity contribution >= 4 is 17.5 Å². The van der Waals surface area contributed by atoms with Crippen LogP contribution >= 0.6 is 0 Å². The second-order valence-corrected chi connectivity index (χ2v) is 5.88. The lowest BCUT2D eigenvalue weighted by molar-refractivity contribution is -0.136. The molecule has 1 atom stereocenters. The summed E-state index contributed by atoms with van der Waals surface area (Å²) < 4.78 is 11.0. The molecule has 0 aliphatic carbocycles. The summed E-state index contributed by atoms with van der Waals surface area (Å²) in [5, 5.41) is 5.17. The first-order chi connectivity index (χ1) is 11.7. The molecule has 2 amide bonds. The minimum absolute atomic E-state index is 0.0193. The second-order valence-electron chi connectivity index (χ2n) is 5.88. The summed E-state index contributed by atoms with van der Waals surface area (Å²) in [6, 6.07) is 7.01. The predicted molar refractivity (Wildman–Crippen MR) is 92.1 cm³/mol. The van der Waals surface area contributed by atoms with Crippen molar-refractivity contribution in [3.05, 3.63) is 24.3 Å². The zero-order valence-electron chi connectivity index (χ0n) is 14.2. The summed E-state index contributed by atoms with van der Waals surface area (Å²) in [4.78, 5) is 23.6. The Bertz CT molecular complexity index is 524. The van der Waals surface area contributed by atoms with E-state index in [0.717, 1.165) is 44.5 Å². The Hall–Kier alpha value is -2.08. The third-order valence-corrected chi connectivity index (χ3v) is 3.85. The summed E-state index contributed by atoms with van der Waals surface area (Å²) in [6.45, 7) is 3.93. The topological polar surface area (TPSA) is 76.7 Å². The summed E-state index contributed by atoms with van der Waals surface area (Å²) in [6.07, 6.45) is 5.27. The van der Waals surface area contributed by atoms with Gasteiger partial charge >= 0.3 is 11.8 Å². The van der Waals surface area contributed by atoms with E-state index in [9.17, 15) is 9.59 Å². The Kier molecular flexibility index (Phi) is 7.55. The number of anilines is 1. The van der Waals surface area contributed by atoms with E-state index in [2.05, 4.69) is 17.6 Å². The fourth-order valence-corrected chi connectivity index (χ4v) is 2.46. The minimum atomic E-state index is -0.676. The number of hydrogen-bond donors (Lipinski definition) is 2. The highest BCUT2D eigenvalue weighted by atomic mass is 16.5. The van der Waals surface area contributed by atoms with Gasteiger partial charge in [-0.25, -0.2) is 0 Å². The SMILES string of the molecule is CCCCCOc1ccc(NC(=O)C(=O)NC[C@H]2CCCO2)cc1. The lowest BCUT2D eigenvalue weighted by Gasteiger charge is -2.11. The van der Waals surface area contributed by atoms with Gasteiger partial charge in [0.25, 0.3) is 0 Å². The first-order valence-corrected chi connectivity index (χ1v) is 8.62. The van der Waals surface area contributed by atoms with Crippen molar-refractivity contribution in [2.45, 2.75) is 45.1 Å². The molecule has 1 aliphatic rings. The average molecular weight is 334 g/mol. The van der Waals surface area contributed by atoms with Crippen LogP contribution in [-0.4, -0.2) is 37.7 Å². The van der Waals surface area contributed by atoms with Gasteiger partial charge in [0.2, 0.25) is 0 Å². The van der Waals surface area contributed by atoms with Crippen molar-refractivity contribution in [1.82, 2.24) is 5.32 Å². The third-order valence-electron chi connectivity index (χ3n) is 3.85. The van der Waals surface area contributed by atoms with Crippen molar-refractivity contribution in [3.8, 4) is 5.75 Å². The normalized spacial score (nSPS) is 16.6. The molecule has 1 aliphatic heterocycles. The van der Waals surface area contributed by atoms with Crippen molar-refractivity contribution < 1.29 is 19.1 Å². The number of amides is 2. The quantitative estimate of drug-likeness (QED) is 0.566. The Morgan fingerprint density at radius 1 is 1.21 bits per heavy atom. The van der Waals surface area contributed by atoms with Gasteiger partial charge in [0.15, 0.2) is 0 Å². The van der Waals surface area contributed by atoms with Gasteiger partial charge in [-0.2, -0.15) is 0 Å². The fourth-order valence-electron chi connectivity index (χ4n) is 2.46. The molecule has 0 aromatic heterocycles. The molecule has 0 bridgehead atoms. The predicted octanol–water partition coefficient (Wildman–Crippen LogP) is 2.49. The van der Waals surface area contributed by atoms with E-state index in [-0.39, 0.29) is 6.10 Å². The molecule has 0 unspecified atom stereocenters. The number of hydrogen-bond acceptors (Lipinski definition) is 4. The van der Waals surface area contributed by atoms with Crippen LogP contribution in [-0.2, 0) is 14.3 Å². The van der Waals surface area contributed by atoms with Crippen LogP contribution < -0.4 is 15.4 Å². The maximum absolute atomic E-state index is 11.9. The van der Waals surface area contributed by atoms with Crippen LogP contribution in [0.4, 0.5) is 5.69 Å². The Morgan fingerprint density at radius 2 is 2.00 bits per heavy atom. The molecule has 1 aromatic rings. The minimum Gasteiger partial charge on any atom is -0.494 e. The van der Waals surface area contributed by atoms with E-state index in [0.29, 0.717) is 18.8 Å². The lowest BCUT2D eigenvalue weighted by Crippen LogP contribution is -2.39. The van der Waals surface area contributed by atoms with Gasteiger partial charge < -0.3 is 20.1 Å². The highest BCUT2D eigenvalue weighted by Crippen LogP contribution is 2.16. The van der Waals surface area contributed by atoms with Crippen molar-refractivity contribution in [2.24, 2.45) is 0 Å². The number of carbonyl (C=O) groups excluding carboxylic acids is 2. The fraction of sp³-hybridized carbons (Fsp3) is 0.556. The molecule has 1 heterocycles. The molecule has 2 rings (SSSR count). The van der Waals surface area contributed by atoms with E-state index in [1.54, 1.807) is 24.3 Å². The molecule has 1 fully saturated rings. The molecule has 6 heteroatoms. The van der Waals surface area contributed by atoms with E-state index < -0.39 is 11.8 Å². The van der Waals surface area contributed by atoms with Crippen molar-refractivity contribution in [2.75, 3.05) is 25.1 Å². The Morgan fingerprint density at radius 3 is 2.67 bits per heavy atom. The number of ether oxygens (including phenoxy) is 2. The van der Waals surface area contributed by atoms with Gasteiger partial charge in [-0.3, -0.25) is 9.59 Å². The van der Waals surface area contributed by atoms with Crippen LogP contribution in [0.5, 0.6) is 5.75 Å². The van der Waals surface area contributed by atoms with Crippen LogP contribution in [0.2, 0.25) is 0 Å². The molecule has 0 saturated carbocycles. The third kappa shape index (κ3) is 6.20. The number of carbonyl (C=O) groups is 2. The Labute approximate surface area is 142 Å². The largest absolute Gasteiger partial charge is 0.494 e. The molecule has 132 valence electrons. The molecular formula is C18H26N2O4. The zero-order valence-corrected chi connectivity index (χ0v) is 14.2. The molecular weight excluding hydrogens is 308 g/mol. The van der Waals surface area contributed by atoms with Gasteiger partial charge in [-0.15, -0.1) is 0 Å². The van der Waals surface area contributed by atoms with E-state index in [4.69, 9.17) is 9.47 Å². The van der Waals surface area contributed by atoms with Crippen molar-refractivity contribution in [1.29, 1.82) is 0 Å². The average Bonchev–Trinajstić information content (AvgIpc) is 3.11. The Balaban J connectivity index is 1.71. The zero-order chi connectivity index (χ0) is 17.2. The van der Waals surface area contributed by atoms with Gasteiger partial charge in [0.05, 0.1) is 12.7 Å². The van der Waals surface area contributed by atoms with E-state index in [1.807, 2.05) is 0 Å². The van der Waals surface area contributed by atoms with Gasteiger partial charge in [0.1, 0.15) is 5.75 Å². The maximum atomic E-state index is 11.9. The molecule has 24 heavy (non-hydrogen) atoms. The summed E-state index contributed by atoms with van der Waals surface area (Å²) in [7, 11) is 0. The maximum Gasteiger partial charge on any atom is 0.313 e. The van der Waals surface area contributed by atoms with Crippen LogP contribution in [0.1, 0.15) is 39.0 Å². The molecule has 6 nitrogen and oxygen atoms in total. The summed E-state index contributed by atoms with van der Waals surface area (Å²) >= 11 is 0. The van der Waals surface area contributed by atoms with Gasteiger partial charge in [-0.1, -0.05) is 19.8 Å². The first-order valence-electron chi connectivity index (χ1n) is 8.62. The molecule has 1 saturated heterocycles. The van der Waals surface area contributed by atoms with E-state index in [1.165, 1.54) is 0 Å². The van der Waals surface area contributed by atoms with Crippen LogP contribution in [0.3, 0.4) is 0 Å². The molecule has 1 aromatic carbocycles. The van der Waals surface area contributed by atoms with Crippen LogP contribution in [0.25, 0.3) is 0 Å². The van der Waals surface area contributed by atoms with Crippen LogP contribution in [0, 0.1) is 0 Å². The number of rotatable bonds is 8. The number of nitrogens with one attached hydrogen (secondary N) is 2. The van der Waals surface area contributed by atoms with E-state index >= 15 is 0 Å². The standard InChI is InChI=1S/C18H26N2O4/c1-2-3-4-11-23-15-9-7-14(8-10-15)20-18(22)17(21)19-13-16-6-5-12-24-16/h7-10,16H,2-6,11-13H2,1H3,(H,19,21)(H,20,22)/t16-/m1/s1. The smallest absolute Gasteiger partial charge is 0.313 e. The first kappa shape index (κ1) is 18.3. The monoisotopic (exact) mass is 334 g/mol. The lowest BCUT2D eigenvalue weighted by atomic mass is 10.2. The summed E-state index contributed by atoms with van der Waals surface area (Å²) in [5.41, 5.74) is 0.563. The number of benzene rings is 1. The molecule has 2 N–H and O–H groups in total. The van der Waals surface area contributed by atoms with Crippen LogP contribution in [0.15, 0.2) is 24.3 Å².